The lowest BCUT2D eigenvalue weighted by molar-refractivity contribution is 0.0307. The maximum Gasteiger partial charge on any atom is 0.266 e. The first kappa shape index (κ1) is 12.9. The maximum absolute atomic E-state index is 12.5. The monoisotopic (exact) mass is 340 g/mol. The van der Waals surface area contributed by atoms with Crippen molar-refractivity contribution >= 4 is 48.9 Å². The van der Waals surface area contributed by atoms with E-state index in [4.69, 9.17) is 10.5 Å². The number of fused-ring (bicyclic) bond motifs is 1. The van der Waals surface area contributed by atoms with Gasteiger partial charge in [-0.2, -0.15) is 0 Å². The first-order valence-corrected chi connectivity index (χ1v) is 7.63. The van der Waals surface area contributed by atoms with Gasteiger partial charge in [0.25, 0.3) is 5.91 Å². The van der Waals surface area contributed by atoms with Gasteiger partial charge in [0.15, 0.2) is 0 Å². The third-order valence-electron chi connectivity index (χ3n) is 3.19. The summed E-state index contributed by atoms with van der Waals surface area (Å²) in [5.41, 5.74) is 6.72. The van der Waals surface area contributed by atoms with Gasteiger partial charge >= 0.3 is 0 Å². The van der Waals surface area contributed by atoms with Crippen molar-refractivity contribution in [1.82, 2.24) is 4.90 Å². The fourth-order valence-corrected chi connectivity index (χ4v) is 4.03. The minimum Gasteiger partial charge on any atom is -0.397 e. The molecule has 1 saturated heterocycles. The van der Waals surface area contributed by atoms with Crippen molar-refractivity contribution in [3.05, 3.63) is 27.5 Å². The van der Waals surface area contributed by atoms with E-state index in [1.807, 2.05) is 18.2 Å². The lowest BCUT2D eigenvalue weighted by Crippen LogP contribution is -2.40. The van der Waals surface area contributed by atoms with E-state index in [0.29, 0.717) is 36.9 Å². The molecule has 0 radical (unpaired) electrons. The number of halogens is 1. The Labute approximate surface area is 123 Å². The van der Waals surface area contributed by atoms with Crippen LogP contribution in [0.15, 0.2) is 22.7 Å². The Morgan fingerprint density at radius 2 is 2.11 bits per heavy atom. The highest BCUT2D eigenvalue weighted by Gasteiger charge is 2.24. The van der Waals surface area contributed by atoms with Gasteiger partial charge in [-0.05, 0) is 12.1 Å². The van der Waals surface area contributed by atoms with Crippen molar-refractivity contribution in [1.29, 1.82) is 0 Å². The summed E-state index contributed by atoms with van der Waals surface area (Å²) in [6.07, 6.45) is 0. The van der Waals surface area contributed by atoms with Crippen molar-refractivity contribution in [2.75, 3.05) is 32.0 Å². The molecule has 1 aromatic carbocycles. The minimum absolute atomic E-state index is 0.00824. The van der Waals surface area contributed by atoms with E-state index in [-0.39, 0.29) is 5.91 Å². The van der Waals surface area contributed by atoms with Crippen LogP contribution in [0.1, 0.15) is 9.67 Å². The van der Waals surface area contributed by atoms with Crippen molar-refractivity contribution in [2.24, 2.45) is 0 Å². The van der Waals surface area contributed by atoms with E-state index in [1.165, 1.54) is 11.3 Å². The molecule has 0 bridgehead atoms. The van der Waals surface area contributed by atoms with E-state index in [0.717, 1.165) is 14.6 Å². The molecule has 1 amide bonds. The van der Waals surface area contributed by atoms with Crippen LogP contribution in [0.5, 0.6) is 0 Å². The Morgan fingerprint density at radius 1 is 1.37 bits per heavy atom. The fraction of sp³-hybridized carbons (Fsp3) is 0.308. The van der Waals surface area contributed by atoms with Crippen molar-refractivity contribution in [3.63, 3.8) is 0 Å². The Balaban J connectivity index is 2.03. The van der Waals surface area contributed by atoms with Crippen molar-refractivity contribution in [3.8, 4) is 0 Å². The van der Waals surface area contributed by atoms with Crippen LogP contribution >= 0.6 is 27.3 Å². The van der Waals surface area contributed by atoms with E-state index >= 15 is 0 Å². The smallest absolute Gasteiger partial charge is 0.266 e. The largest absolute Gasteiger partial charge is 0.397 e. The van der Waals surface area contributed by atoms with Crippen LogP contribution in [0.2, 0.25) is 0 Å². The number of carbonyl (C=O) groups excluding carboxylic acids is 1. The number of morpholine rings is 1. The summed E-state index contributed by atoms with van der Waals surface area (Å²) in [6.45, 7) is 2.46. The zero-order chi connectivity index (χ0) is 13.4. The lowest BCUT2D eigenvalue weighted by Gasteiger charge is -2.26. The molecule has 0 atom stereocenters. The molecule has 0 aliphatic carbocycles. The van der Waals surface area contributed by atoms with Gasteiger partial charge in [0, 0.05) is 27.6 Å². The molecule has 3 rings (SSSR count). The van der Waals surface area contributed by atoms with Crippen LogP contribution in [0.4, 0.5) is 5.69 Å². The summed E-state index contributed by atoms with van der Waals surface area (Å²) < 4.78 is 7.23. The van der Waals surface area contributed by atoms with Crippen molar-refractivity contribution in [2.45, 2.75) is 0 Å². The Hall–Kier alpha value is -1.11. The molecule has 0 unspecified atom stereocenters. The molecule has 2 heterocycles. The lowest BCUT2D eigenvalue weighted by atomic mass is 10.2. The number of nitrogens with two attached hydrogens (primary N) is 1. The molecule has 19 heavy (non-hydrogen) atoms. The molecular formula is C13H13BrN2O2S. The van der Waals surface area contributed by atoms with Gasteiger partial charge in [-0.15, -0.1) is 11.3 Å². The van der Waals surface area contributed by atoms with Crippen LogP contribution in [-0.4, -0.2) is 37.1 Å². The van der Waals surface area contributed by atoms with Crippen LogP contribution in [0.25, 0.3) is 10.1 Å². The van der Waals surface area contributed by atoms with Gasteiger partial charge in [-0.25, -0.2) is 0 Å². The third-order valence-corrected chi connectivity index (χ3v) is 5.01. The predicted octanol–water partition coefficient (Wildman–Crippen LogP) is 2.72. The SMILES string of the molecule is Nc1c(C(=O)N2CCOCC2)sc2cccc(Br)c12. The molecule has 4 nitrogen and oxygen atoms in total. The average molecular weight is 341 g/mol. The van der Waals surface area contributed by atoms with E-state index in [9.17, 15) is 4.79 Å². The van der Waals surface area contributed by atoms with E-state index in [1.54, 1.807) is 4.90 Å². The molecule has 100 valence electrons. The van der Waals surface area contributed by atoms with Crippen LogP contribution in [0, 0.1) is 0 Å². The highest BCUT2D eigenvalue weighted by Crippen LogP contribution is 2.38. The molecule has 0 spiro atoms. The van der Waals surface area contributed by atoms with Crippen molar-refractivity contribution < 1.29 is 9.53 Å². The second-order valence-electron chi connectivity index (χ2n) is 4.36. The number of rotatable bonds is 1. The van der Waals surface area contributed by atoms with E-state index < -0.39 is 0 Å². The number of anilines is 1. The van der Waals surface area contributed by atoms with Gasteiger partial charge in [-0.1, -0.05) is 22.0 Å². The highest BCUT2D eigenvalue weighted by molar-refractivity contribution is 9.10. The van der Waals surface area contributed by atoms with Gasteiger partial charge < -0.3 is 15.4 Å². The molecule has 1 fully saturated rings. The predicted molar refractivity (Wildman–Crippen MR) is 80.7 cm³/mol. The Kier molecular flexibility index (Phi) is 3.47. The number of hydrogen-bond acceptors (Lipinski definition) is 4. The quantitative estimate of drug-likeness (QED) is 0.868. The average Bonchev–Trinajstić information content (AvgIpc) is 2.78. The molecule has 1 aliphatic rings. The summed E-state index contributed by atoms with van der Waals surface area (Å²) >= 11 is 4.94. The number of thiophene rings is 1. The number of benzene rings is 1. The number of carbonyl (C=O) groups is 1. The summed E-state index contributed by atoms with van der Waals surface area (Å²) in [4.78, 5) is 14.9. The summed E-state index contributed by atoms with van der Waals surface area (Å²) in [5, 5.41) is 0.934. The molecule has 1 aromatic heterocycles. The Morgan fingerprint density at radius 3 is 2.79 bits per heavy atom. The van der Waals surface area contributed by atoms with Crippen LogP contribution < -0.4 is 5.73 Å². The second-order valence-corrected chi connectivity index (χ2v) is 6.27. The number of nitrogens with zero attached hydrogens (tertiary/aromatic N) is 1. The zero-order valence-electron chi connectivity index (χ0n) is 10.2. The highest BCUT2D eigenvalue weighted by atomic mass is 79.9. The Bertz CT molecular complexity index is 635. The minimum atomic E-state index is 0.00824. The summed E-state index contributed by atoms with van der Waals surface area (Å²) in [5.74, 6) is 0.00824. The number of amides is 1. The molecule has 1 aliphatic heterocycles. The van der Waals surface area contributed by atoms with Gasteiger partial charge in [0.05, 0.1) is 18.9 Å². The number of hydrogen-bond donors (Lipinski definition) is 1. The number of ether oxygens (including phenoxy) is 1. The topological polar surface area (TPSA) is 55.6 Å². The second kappa shape index (κ2) is 5.11. The number of nitrogen functional groups attached to an aromatic ring is 1. The van der Waals surface area contributed by atoms with Crippen LogP contribution in [0.3, 0.4) is 0 Å². The molecular weight excluding hydrogens is 328 g/mol. The molecule has 6 heteroatoms. The van der Waals surface area contributed by atoms with E-state index in [2.05, 4.69) is 15.9 Å². The zero-order valence-corrected chi connectivity index (χ0v) is 12.6. The molecule has 0 saturated carbocycles. The first-order chi connectivity index (χ1) is 9.18. The summed E-state index contributed by atoms with van der Waals surface area (Å²) in [7, 11) is 0. The molecule has 2 aromatic rings. The fourth-order valence-electron chi connectivity index (χ4n) is 2.20. The van der Waals surface area contributed by atoms with Gasteiger partial charge in [-0.3, -0.25) is 4.79 Å². The normalized spacial score (nSPS) is 15.9. The first-order valence-electron chi connectivity index (χ1n) is 6.02. The third kappa shape index (κ3) is 2.24. The standard InChI is InChI=1S/C13H13BrN2O2S/c14-8-2-1-3-9-10(8)11(15)12(19-9)13(17)16-4-6-18-7-5-16/h1-3H,4-7,15H2. The van der Waals surface area contributed by atoms with Gasteiger partial charge in [0.1, 0.15) is 4.88 Å². The summed E-state index contributed by atoms with van der Waals surface area (Å²) in [6, 6.07) is 5.87. The maximum atomic E-state index is 12.5. The molecule has 2 N–H and O–H groups in total. The van der Waals surface area contributed by atoms with Gasteiger partial charge in [0.2, 0.25) is 0 Å². The van der Waals surface area contributed by atoms with Crippen LogP contribution in [-0.2, 0) is 4.74 Å².